The number of nitrogens with zero attached hydrogens (tertiary/aromatic N) is 4. The predicted octanol–water partition coefficient (Wildman–Crippen LogP) is 4.72. The van der Waals surface area contributed by atoms with E-state index in [0.29, 0.717) is 5.92 Å². The molecule has 1 unspecified atom stereocenters. The Kier molecular flexibility index (Phi) is 6.10. The Morgan fingerprint density at radius 3 is 2.69 bits per heavy atom. The summed E-state index contributed by atoms with van der Waals surface area (Å²) in [6, 6.07) is 10.2. The third-order valence-electron chi connectivity index (χ3n) is 6.87. The van der Waals surface area contributed by atoms with Gasteiger partial charge in [0.2, 0.25) is 0 Å². The molecule has 1 aromatic carbocycles. The number of fused-ring (bicyclic) bond motifs is 1. The van der Waals surface area contributed by atoms with Crippen molar-refractivity contribution < 1.29 is 4.74 Å². The van der Waals surface area contributed by atoms with Gasteiger partial charge in [0.05, 0.1) is 18.0 Å². The number of piperidine rings is 1. The lowest BCUT2D eigenvalue weighted by molar-refractivity contribution is 0.129. The summed E-state index contributed by atoms with van der Waals surface area (Å²) in [7, 11) is 1.76. The summed E-state index contributed by atoms with van der Waals surface area (Å²) in [5.74, 6) is 1.48. The summed E-state index contributed by atoms with van der Waals surface area (Å²) in [4.78, 5) is 26.6. The second kappa shape index (κ2) is 9.30. The number of imidazole rings is 1. The van der Waals surface area contributed by atoms with Gasteiger partial charge in [-0.25, -0.2) is 4.98 Å². The van der Waals surface area contributed by atoms with Crippen LogP contribution in [0.2, 0.25) is 0 Å². The van der Waals surface area contributed by atoms with Crippen LogP contribution in [0.5, 0.6) is 0 Å². The minimum Gasteiger partial charge on any atom is -0.383 e. The van der Waals surface area contributed by atoms with Crippen LogP contribution < -0.4 is 0 Å². The molecule has 0 radical (unpaired) electrons. The highest BCUT2D eigenvalue weighted by Gasteiger charge is 2.27. The third-order valence-corrected chi connectivity index (χ3v) is 6.87. The van der Waals surface area contributed by atoms with Crippen molar-refractivity contribution in [2.45, 2.75) is 37.6 Å². The van der Waals surface area contributed by atoms with E-state index in [4.69, 9.17) is 9.72 Å². The molecule has 3 heterocycles. The van der Waals surface area contributed by atoms with Crippen LogP contribution in [0.15, 0.2) is 47.9 Å². The summed E-state index contributed by atoms with van der Waals surface area (Å²) in [6.07, 6.45) is 7.49. The molecule has 0 spiro atoms. The van der Waals surface area contributed by atoms with Crippen LogP contribution in [0.4, 0.5) is 0 Å². The number of ether oxygens (including phenoxy) is 1. The van der Waals surface area contributed by atoms with Crippen LogP contribution in [0.25, 0.3) is 22.5 Å². The molecule has 0 amide bonds. The van der Waals surface area contributed by atoms with Gasteiger partial charge in [-0.15, -0.1) is 0 Å². The first-order valence-electron chi connectivity index (χ1n) is 11.4. The molecule has 7 nitrogen and oxygen atoms in total. The summed E-state index contributed by atoms with van der Waals surface area (Å²) in [6.45, 7) is 3.89. The lowest BCUT2D eigenvalue weighted by Crippen LogP contribution is -2.35. The number of nitrogens with one attached hydrogen (secondary N) is 1. The van der Waals surface area contributed by atoms with Crippen molar-refractivity contribution in [3.05, 3.63) is 64.6 Å². The van der Waals surface area contributed by atoms with Gasteiger partial charge in [0, 0.05) is 43.1 Å². The van der Waals surface area contributed by atoms with Gasteiger partial charge in [0.15, 0.2) is 0 Å². The van der Waals surface area contributed by atoms with E-state index >= 15 is 0 Å². The molecule has 2 aliphatic rings. The van der Waals surface area contributed by atoms with Crippen LogP contribution in [-0.2, 0) is 11.2 Å². The second-order valence-electron chi connectivity index (χ2n) is 8.76. The molecular weight excluding hydrogens is 402 g/mol. The van der Waals surface area contributed by atoms with E-state index in [2.05, 4.69) is 38.2 Å². The van der Waals surface area contributed by atoms with E-state index in [0.717, 1.165) is 85.8 Å². The largest absolute Gasteiger partial charge is 0.383 e. The summed E-state index contributed by atoms with van der Waals surface area (Å²) in [5, 5.41) is 3.30. The smallest absolute Gasteiger partial charge is 0.117 e. The van der Waals surface area contributed by atoms with Crippen molar-refractivity contribution in [1.29, 1.82) is 0 Å². The van der Waals surface area contributed by atoms with Crippen LogP contribution >= 0.6 is 0 Å². The lowest BCUT2D eigenvalue weighted by atomic mass is 9.96. The Morgan fingerprint density at radius 1 is 1.12 bits per heavy atom. The van der Waals surface area contributed by atoms with Crippen LogP contribution in [0, 0.1) is 4.91 Å². The van der Waals surface area contributed by atoms with Gasteiger partial charge in [0.1, 0.15) is 11.9 Å². The fourth-order valence-corrected chi connectivity index (χ4v) is 5.02. The number of aromatic amines is 1. The van der Waals surface area contributed by atoms with Crippen LogP contribution in [0.3, 0.4) is 0 Å². The summed E-state index contributed by atoms with van der Waals surface area (Å²) < 4.78 is 5.23. The number of rotatable bonds is 7. The summed E-state index contributed by atoms with van der Waals surface area (Å²) in [5.41, 5.74) is 6.45. The van der Waals surface area contributed by atoms with E-state index in [1.165, 1.54) is 5.56 Å². The molecule has 32 heavy (non-hydrogen) atoms. The number of methoxy groups -OCH3 is 1. The minimum atomic E-state index is -0.211. The second-order valence-corrected chi connectivity index (χ2v) is 8.76. The van der Waals surface area contributed by atoms with E-state index < -0.39 is 0 Å². The molecule has 2 aromatic heterocycles. The Balaban J connectivity index is 1.46. The zero-order chi connectivity index (χ0) is 21.9. The molecule has 1 atom stereocenters. The van der Waals surface area contributed by atoms with Crippen LogP contribution in [0.1, 0.15) is 48.2 Å². The predicted molar refractivity (Wildman–Crippen MR) is 124 cm³/mol. The molecule has 1 aliphatic heterocycles. The minimum absolute atomic E-state index is 0.211. The Morgan fingerprint density at radius 2 is 1.94 bits per heavy atom. The van der Waals surface area contributed by atoms with E-state index in [1.54, 1.807) is 7.11 Å². The Hall–Kier alpha value is -2.90. The number of nitroso groups, excluding NO2 is 1. The maximum absolute atomic E-state index is 11.1. The number of hydrogen-bond donors (Lipinski definition) is 1. The molecule has 1 saturated heterocycles. The molecule has 7 heteroatoms. The van der Waals surface area contributed by atoms with Crippen molar-refractivity contribution in [2.75, 3.05) is 33.4 Å². The highest BCUT2D eigenvalue weighted by Crippen LogP contribution is 2.39. The number of pyridine rings is 1. The van der Waals surface area contributed by atoms with Gasteiger partial charge < -0.3 is 14.6 Å². The number of aryl methyl sites for hydroxylation is 1. The molecule has 0 saturated carbocycles. The number of benzene rings is 1. The summed E-state index contributed by atoms with van der Waals surface area (Å²) >= 11 is 0. The van der Waals surface area contributed by atoms with Gasteiger partial charge in [-0.2, -0.15) is 4.91 Å². The average molecular weight is 432 g/mol. The topological polar surface area (TPSA) is 83.5 Å². The lowest BCUT2D eigenvalue weighted by Gasteiger charge is -2.30. The number of hydrogen-bond acceptors (Lipinski definition) is 6. The maximum atomic E-state index is 11.1. The van der Waals surface area contributed by atoms with Gasteiger partial charge >= 0.3 is 0 Å². The highest BCUT2D eigenvalue weighted by atomic mass is 16.5. The Bertz CT molecular complexity index is 1070. The van der Waals surface area contributed by atoms with E-state index in [9.17, 15) is 4.91 Å². The van der Waals surface area contributed by atoms with Crippen molar-refractivity contribution in [3.8, 4) is 22.5 Å². The zero-order valence-electron chi connectivity index (χ0n) is 18.5. The first kappa shape index (κ1) is 21.0. The van der Waals surface area contributed by atoms with Gasteiger partial charge in [-0.05, 0) is 68.1 Å². The molecular formula is C25H29N5O2. The molecule has 166 valence electrons. The molecule has 1 N–H and O–H groups in total. The molecule has 1 fully saturated rings. The van der Waals surface area contributed by atoms with Crippen molar-refractivity contribution in [1.82, 2.24) is 19.9 Å². The third kappa shape index (κ3) is 4.10. The van der Waals surface area contributed by atoms with E-state index in [-0.39, 0.29) is 6.04 Å². The van der Waals surface area contributed by atoms with Gasteiger partial charge in [-0.1, -0.05) is 17.3 Å². The molecule has 5 rings (SSSR count). The highest BCUT2D eigenvalue weighted by molar-refractivity contribution is 5.79. The van der Waals surface area contributed by atoms with Gasteiger partial charge in [0.25, 0.3) is 0 Å². The quantitative estimate of drug-likeness (QED) is 0.547. The van der Waals surface area contributed by atoms with Gasteiger partial charge in [-0.3, -0.25) is 4.98 Å². The number of likely N-dealkylation sites (tertiary alicyclic amines) is 1. The SMILES string of the molecule is COCCN1CCC(c2nc(-c3ccc4c(c3)CCC4N=O)c(-c3ccncc3)[nH]2)CC1. The zero-order valence-corrected chi connectivity index (χ0v) is 18.5. The van der Waals surface area contributed by atoms with Crippen molar-refractivity contribution in [3.63, 3.8) is 0 Å². The van der Waals surface area contributed by atoms with Crippen molar-refractivity contribution >= 4 is 0 Å². The van der Waals surface area contributed by atoms with E-state index in [1.807, 2.05) is 24.5 Å². The fraction of sp³-hybridized carbons (Fsp3) is 0.440. The number of H-pyrrole nitrogens is 1. The first-order chi connectivity index (χ1) is 15.8. The Labute approximate surface area is 188 Å². The molecule has 1 aliphatic carbocycles. The van der Waals surface area contributed by atoms with Crippen molar-refractivity contribution in [2.24, 2.45) is 5.18 Å². The molecule has 0 bridgehead atoms. The molecule has 3 aromatic rings. The average Bonchev–Trinajstić information content (AvgIpc) is 3.48. The monoisotopic (exact) mass is 431 g/mol. The maximum Gasteiger partial charge on any atom is 0.117 e. The standard InChI is InChI=1S/C25H29N5O2/c1-32-15-14-30-12-8-18(9-13-30)25-27-23(17-6-10-26-11-7-17)24(28-25)20-2-4-21-19(16-20)3-5-22(21)29-31/h2,4,6-7,10-11,16,18,22H,3,5,8-9,12-15H2,1H3,(H,27,28). The fourth-order valence-electron chi connectivity index (χ4n) is 5.02. The van der Waals surface area contributed by atoms with Crippen LogP contribution in [-0.4, -0.2) is 53.2 Å². The number of aromatic nitrogens is 3. The normalized spacial score (nSPS) is 19.2. The first-order valence-corrected chi connectivity index (χ1v) is 11.4.